The van der Waals surface area contributed by atoms with Crippen LogP contribution >= 0.6 is 11.8 Å². The van der Waals surface area contributed by atoms with Crippen molar-refractivity contribution in [1.29, 1.82) is 0 Å². The second-order valence-electron chi connectivity index (χ2n) is 5.32. The molecule has 10 heteroatoms. The van der Waals surface area contributed by atoms with E-state index in [0.717, 1.165) is 5.56 Å². The molecule has 0 atom stereocenters. The van der Waals surface area contributed by atoms with Crippen LogP contribution in [-0.4, -0.2) is 38.2 Å². The number of nitrogens with zero attached hydrogens (tertiary/aromatic N) is 5. The molecule has 0 aliphatic rings. The fraction of sp³-hybridized carbons (Fsp3) is 0.118. The maximum Gasteiger partial charge on any atom is 0.315 e. The van der Waals surface area contributed by atoms with Crippen molar-refractivity contribution < 1.29 is 14.8 Å². The highest BCUT2D eigenvalue weighted by atomic mass is 32.2. The number of methoxy groups -OCH3 is 1. The fourth-order valence-electron chi connectivity index (χ4n) is 2.23. The maximum atomic E-state index is 11.1. The summed E-state index contributed by atoms with van der Waals surface area (Å²) >= 11 is 1.46. The Morgan fingerprint density at radius 3 is 2.85 bits per heavy atom. The van der Waals surface area contributed by atoms with Gasteiger partial charge in [-0.25, -0.2) is 0 Å². The Morgan fingerprint density at radius 1 is 1.37 bits per heavy atom. The van der Waals surface area contributed by atoms with Crippen molar-refractivity contribution in [1.82, 2.24) is 14.9 Å². The first-order valence-corrected chi connectivity index (χ1v) is 8.73. The number of thioether (sulfide) groups is 1. The molecule has 0 unspecified atom stereocenters. The Morgan fingerprint density at radius 2 is 2.15 bits per heavy atom. The normalized spacial score (nSPS) is 11.0. The van der Waals surface area contributed by atoms with E-state index < -0.39 is 16.4 Å². The average molecular weight is 385 g/mol. The zero-order valence-corrected chi connectivity index (χ0v) is 15.0. The standard InChI is InChI=1S/C17H15N5O4S/c1-26-15-8-13(7-14(16(15)23)22(24)25)9-19-21-11-18-20-17(21)27-10-12-5-3-2-4-6-12/h2-9,11,23H,10H2,1H3/b19-9-. The Hall–Kier alpha value is -3.40. The molecule has 0 amide bonds. The summed E-state index contributed by atoms with van der Waals surface area (Å²) in [7, 11) is 1.32. The van der Waals surface area contributed by atoms with E-state index in [1.54, 1.807) is 0 Å². The van der Waals surface area contributed by atoms with Crippen LogP contribution in [0.1, 0.15) is 11.1 Å². The van der Waals surface area contributed by atoms with Gasteiger partial charge in [-0.1, -0.05) is 42.1 Å². The summed E-state index contributed by atoms with van der Waals surface area (Å²) < 4.78 is 6.44. The van der Waals surface area contributed by atoms with Crippen molar-refractivity contribution >= 4 is 23.7 Å². The van der Waals surface area contributed by atoms with Gasteiger partial charge in [0.15, 0.2) is 5.75 Å². The zero-order valence-electron chi connectivity index (χ0n) is 14.2. The molecule has 0 saturated heterocycles. The van der Waals surface area contributed by atoms with Gasteiger partial charge in [0.25, 0.3) is 0 Å². The number of rotatable bonds is 7. The molecule has 138 valence electrons. The molecule has 0 saturated carbocycles. The lowest BCUT2D eigenvalue weighted by Gasteiger charge is -2.05. The lowest BCUT2D eigenvalue weighted by molar-refractivity contribution is -0.386. The third-order valence-electron chi connectivity index (χ3n) is 3.54. The van der Waals surface area contributed by atoms with Crippen molar-refractivity contribution in [3.05, 3.63) is 70.0 Å². The number of benzene rings is 2. The minimum atomic E-state index is -0.685. The average Bonchev–Trinajstić information content (AvgIpc) is 3.13. The molecule has 0 radical (unpaired) electrons. The van der Waals surface area contributed by atoms with Crippen molar-refractivity contribution in [2.75, 3.05) is 7.11 Å². The summed E-state index contributed by atoms with van der Waals surface area (Å²) in [5, 5.41) is 33.6. The van der Waals surface area contributed by atoms with E-state index in [0.29, 0.717) is 16.5 Å². The molecule has 0 aliphatic carbocycles. The Balaban J connectivity index is 1.80. The van der Waals surface area contributed by atoms with Gasteiger partial charge in [0.2, 0.25) is 10.9 Å². The van der Waals surface area contributed by atoms with Gasteiger partial charge in [0.05, 0.1) is 18.2 Å². The second kappa shape index (κ2) is 8.32. The van der Waals surface area contributed by atoms with E-state index >= 15 is 0 Å². The van der Waals surface area contributed by atoms with Gasteiger partial charge in [-0.05, 0) is 11.6 Å². The summed E-state index contributed by atoms with van der Waals surface area (Å²) in [4.78, 5) is 10.4. The zero-order chi connectivity index (χ0) is 19.2. The Kier molecular flexibility index (Phi) is 5.67. The van der Waals surface area contributed by atoms with E-state index in [2.05, 4.69) is 15.3 Å². The quantitative estimate of drug-likeness (QED) is 0.287. The van der Waals surface area contributed by atoms with Crippen LogP contribution in [-0.2, 0) is 5.75 Å². The highest BCUT2D eigenvalue weighted by Gasteiger charge is 2.19. The van der Waals surface area contributed by atoms with E-state index in [1.807, 2.05) is 30.3 Å². The summed E-state index contributed by atoms with van der Waals surface area (Å²) in [6.07, 6.45) is 2.85. The van der Waals surface area contributed by atoms with E-state index in [4.69, 9.17) is 4.74 Å². The molecule has 0 bridgehead atoms. The van der Waals surface area contributed by atoms with Gasteiger partial charge in [-0.3, -0.25) is 10.1 Å². The van der Waals surface area contributed by atoms with Crippen molar-refractivity contribution in [3.8, 4) is 11.5 Å². The summed E-state index contributed by atoms with van der Waals surface area (Å²) in [6.45, 7) is 0. The highest BCUT2D eigenvalue weighted by Crippen LogP contribution is 2.36. The van der Waals surface area contributed by atoms with Gasteiger partial charge < -0.3 is 9.84 Å². The summed E-state index contributed by atoms with van der Waals surface area (Å²) in [5.74, 6) is 0.171. The largest absolute Gasteiger partial charge is 0.500 e. The SMILES string of the molecule is COc1cc(/C=N\n2cnnc2SCc2ccccc2)cc([N+](=O)[O-])c1O. The number of ether oxygens (including phenoxy) is 1. The van der Waals surface area contributed by atoms with Crippen LogP contribution in [0.15, 0.2) is 59.0 Å². The number of phenols is 1. The molecule has 1 heterocycles. The smallest absolute Gasteiger partial charge is 0.315 e. The molecule has 3 aromatic rings. The van der Waals surface area contributed by atoms with Gasteiger partial charge >= 0.3 is 5.69 Å². The summed E-state index contributed by atoms with van der Waals surface area (Å²) in [6, 6.07) is 12.6. The monoisotopic (exact) mass is 385 g/mol. The van der Waals surface area contributed by atoms with Crippen LogP contribution in [0, 0.1) is 10.1 Å². The Labute approximate surface area is 158 Å². The first-order valence-electron chi connectivity index (χ1n) is 7.75. The van der Waals surface area contributed by atoms with Crippen molar-refractivity contribution in [3.63, 3.8) is 0 Å². The van der Waals surface area contributed by atoms with Gasteiger partial charge in [-0.15, -0.1) is 10.2 Å². The molecular weight excluding hydrogens is 370 g/mol. The topological polar surface area (TPSA) is 116 Å². The minimum absolute atomic E-state index is 0.00641. The lowest BCUT2D eigenvalue weighted by Crippen LogP contribution is -1.96. The van der Waals surface area contributed by atoms with Gasteiger partial charge in [0.1, 0.15) is 6.33 Å². The molecule has 2 aromatic carbocycles. The molecule has 0 aliphatic heterocycles. The molecule has 1 aromatic heterocycles. The van der Waals surface area contributed by atoms with Crippen LogP contribution in [0.5, 0.6) is 11.5 Å². The van der Waals surface area contributed by atoms with E-state index in [1.165, 1.54) is 48.2 Å². The lowest BCUT2D eigenvalue weighted by atomic mass is 10.2. The third-order valence-corrected chi connectivity index (χ3v) is 4.54. The van der Waals surface area contributed by atoms with Crippen LogP contribution in [0.3, 0.4) is 0 Å². The molecule has 1 N–H and O–H groups in total. The Bertz CT molecular complexity index is 975. The molecule has 27 heavy (non-hydrogen) atoms. The number of aromatic nitrogens is 3. The van der Waals surface area contributed by atoms with Gasteiger partial charge in [0, 0.05) is 17.4 Å². The number of nitro groups is 1. The molecule has 0 fully saturated rings. The predicted octanol–water partition coefficient (Wildman–Crippen LogP) is 3.08. The first-order chi connectivity index (χ1) is 13.1. The number of hydrogen-bond acceptors (Lipinski definition) is 8. The predicted molar refractivity (Wildman–Crippen MR) is 100 cm³/mol. The van der Waals surface area contributed by atoms with Crippen LogP contribution in [0.25, 0.3) is 0 Å². The van der Waals surface area contributed by atoms with Crippen LogP contribution in [0.2, 0.25) is 0 Å². The second-order valence-corrected chi connectivity index (χ2v) is 6.27. The number of nitro benzene ring substituents is 1. The summed E-state index contributed by atoms with van der Waals surface area (Å²) in [5.41, 5.74) is 1.07. The minimum Gasteiger partial charge on any atom is -0.500 e. The van der Waals surface area contributed by atoms with Crippen molar-refractivity contribution in [2.45, 2.75) is 10.9 Å². The number of hydrogen-bond donors (Lipinski definition) is 1. The van der Waals surface area contributed by atoms with E-state index in [9.17, 15) is 15.2 Å². The fourth-order valence-corrected chi connectivity index (χ4v) is 3.05. The van der Waals surface area contributed by atoms with Crippen LogP contribution in [0.4, 0.5) is 5.69 Å². The number of phenolic OH excluding ortho intramolecular Hbond substituents is 1. The van der Waals surface area contributed by atoms with Gasteiger partial charge in [-0.2, -0.15) is 9.78 Å². The molecular formula is C17H15N5O4S. The number of aromatic hydroxyl groups is 1. The molecule has 3 rings (SSSR count). The van der Waals surface area contributed by atoms with E-state index in [-0.39, 0.29) is 5.75 Å². The molecule has 9 nitrogen and oxygen atoms in total. The van der Waals surface area contributed by atoms with Crippen molar-refractivity contribution in [2.24, 2.45) is 5.10 Å². The first kappa shape index (κ1) is 18.4. The highest BCUT2D eigenvalue weighted by molar-refractivity contribution is 7.98. The maximum absolute atomic E-state index is 11.1. The van der Waals surface area contributed by atoms with Crippen LogP contribution < -0.4 is 4.74 Å². The molecule has 0 spiro atoms. The third kappa shape index (κ3) is 4.42.